The Hall–Kier alpha value is -3.94. The van der Waals surface area contributed by atoms with E-state index < -0.39 is 35.4 Å². The SMILES string of the molecule is O=C1NC(=Nc2c(Cl)ccc(C(=O)NCCN3CCCCC3)c2OC(=O)C(F)(F)F)S/C1=C\c1ccc2ncccc2c1. The van der Waals surface area contributed by atoms with Gasteiger partial charge in [-0.25, -0.2) is 9.79 Å². The van der Waals surface area contributed by atoms with Gasteiger partial charge in [0.25, 0.3) is 11.8 Å². The first-order valence-electron chi connectivity index (χ1n) is 13.3. The Bertz CT molecular complexity index is 1640. The molecule has 2 aromatic carbocycles. The molecule has 43 heavy (non-hydrogen) atoms. The largest absolute Gasteiger partial charge is 0.491 e. The van der Waals surface area contributed by atoms with Crippen molar-refractivity contribution in [1.29, 1.82) is 0 Å². The van der Waals surface area contributed by atoms with Crippen molar-refractivity contribution >= 4 is 69.0 Å². The Morgan fingerprint density at radius 2 is 1.95 bits per heavy atom. The number of esters is 1. The number of hydrogen-bond donors (Lipinski definition) is 2. The van der Waals surface area contributed by atoms with Crippen LogP contribution in [-0.4, -0.2) is 65.2 Å². The predicted molar refractivity (Wildman–Crippen MR) is 158 cm³/mol. The monoisotopic (exact) mass is 631 g/mol. The summed E-state index contributed by atoms with van der Waals surface area (Å²) in [5.41, 5.74) is 0.709. The van der Waals surface area contributed by atoms with Gasteiger partial charge >= 0.3 is 12.1 Å². The number of carbonyl (C=O) groups is 3. The van der Waals surface area contributed by atoms with Gasteiger partial charge in [-0.2, -0.15) is 13.2 Å². The van der Waals surface area contributed by atoms with Crippen LogP contribution >= 0.6 is 23.4 Å². The van der Waals surface area contributed by atoms with Crippen molar-refractivity contribution in [3.63, 3.8) is 0 Å². The summed E-state index contributed by atoms with van der Waals surface area (Å²) >= 11 is 7.19. The Morgan fingerprint density at radius 1 is 1.16 bits per heavy atom. The number of alkyl halides is 3. The third-order valence-corrected chi connectivity index (χ3v) is 7.92. The molecule has 3 aromatic rings. The maximum atomic E-state index is 13.2. The van der Waals surface area contributed by atoms with Gasteiger partial charge in [-0.3, -0.25) is 14.6 Å². The number of halogens is 4. The van der Waals surface area contributed by atoms with Gasteiger partial charge in [0, 0.05) is 24.7 Å². The zero-order valence-electron chi connectivity index (χ0n) is 22.5. The van der Waals surface area contributed by atoms with Crippen LogP contribution in [0.15, 0.2) is 58.6 Å². The summed E-state index contributed by atoms with van der Waals surface area (Å²) in [7, 11) is 0. The summed E-state index contributed by atoms with van der Waals surface area (Å²) in [6, 6.07) is 11.5. The van der Waals surface area contributed by atoms with E-state index in [1.807, 2.05) is 12.1 Å². The third kappa shape index (κ3) is 7.53. The number of likely N-dealkylation sites (tertiary alicyclic amines) is 1. The molecule has 0 unspecified atom stereocenters. The molecule has 2 fully saturated rings. The molecule has 224 valence electrons. The van der Waals surface area contributed by atoms with Crippen LogP contribution in [-0.2, 0) is 9.59 Å². The molecule has 3 heterocycles. The lowest BCUT2D eigenvalue weighted by atomic mass is 10.1. The van der Waals surface area contributed by atoms with Gasteiger partial charge in [0.2, 0.25) is 0 Å². The number of carbonyl (C=O) groups excluding carboxylic acids is 3. The topological polar surface area (TPSA) is 113 Å². The van der Waals surface area contributed by atoms with E-state index in [-0.39, 0.29) is 27.2 Å². The molecule has 9 nitrogen and oxygen atoms in total. The first-order chi connectivity index (χ1) is 20.6. The minimum atomic E-state index is -5.35. The molecule has 2 saturated heterocycles. The van der Waals surface area contributed by atoms with Crippen molar-refractivity contribution < 1.29 is 32.3 Å². The standard InChI is InChI=1S/C29H25ClF3N5O4S/c30-20-8-7-19(25(39)35-11-14-38-12-2-1-3-13-38)24(42-27(41)29(31,32)33)23(20)36-28-37-26(40)22(43-28)16-17-6-9-21-18(15-17)5-4-10-34-21/h4-10,15-16H,1-3,11-14H2,(H,35,39)(H,36,37,40)/b22-16-. The van der Waals surface area contributed by atoms with Gasteiger partial charge < -0.3 is 20.3 Å². The van der Waals surface area contributed by atoms with Crippen molar-refractivity contribution in [1.82, 2.24) is 20.5 Å². The van der Waals surface area contributed by atoms with Crippen LogP contribution in [0.1, 0.15) is 35.2 Å². The van der Waals surface area contributed by atoms with Gasteiger partial charge in [0.15, 0.2) is 10.9 Å². The zero-order valence-corrected chi connectivity index (χ0v) is 24.1. The van der Waals surface area contributed by atoms with E-state index in [4.69, 9.17) is 11.6 Å². The highest BCUT2D eigenvalue weighted by atomic mass is 35.5. The second kappa shape index (κ2) is 13.1. The number of ether oxygens (including phenoxy) is 1. The fourth-order valence-electron chi connectivity index (χ4n) is 4.61. The molecule has 0 bridgehead atoms. The van der Waals surface area contributed by atoms with Gasteiger partial charge in [0.05, 0.1) is 21.0 Å². The summed E-state index contributed by atoms with van der Waals surface area (Å²) < 4.78 is 44.3. The van der Waals surface area contributed by atoms with Gasteiger partial charge in [-0.05, 0) is 79.7 Å². The molecule has 5 rings (SSSR count). The molecule has 0 atom stereocenters. The number of nitrogens with zero attached hydrogens (tertiary/aromatic N) is 3. The van der Waals surface area contributed by atoms with E-state index in [1.54, 1.807) is 30.5 Å². The average Bonchev–Trinajstić information content (AvgIpc) is 3.32. The Labute approximate surface area is 253 Å². The molecule has 2 aliphatic rings. The molecule has 1 aromatic heterocycles. The minimum absolute atomic E-state index is 0.0347. The molecule has 14 heteroatoms. The van der Waals surface area contributed by atoms with Crippen LogP contribution < -0.4 is 15.4 Å². The first kappa shape index (κ1) is 30.5. The lowest BCUT2D eigenvalue weighted by molar-refractivity contribution is -0.189. The molecule has 0 radical (unpaired) electrons. The molecule has 0 aliphatic carbocycles. The number of piperidine rings is 1. The van der Waals surface area contributed by atoms with Crippen LogP contribution in [0.4, 0.5) is 18.9 Å². The van der Waals surface area contributed by atoms with Crippen LogP contribution in [0.2, 0.25) is 5.02 Å². The van der Waals surface area contributed by atoms with Crippen LogP contribution in [0, 0.1) is 0 Å². The first-order valence-corrected chi connectivity index (χ1v) is 14.5. The van der Waals surface area contributed by atoms with Crippen molar-refractivity contribution in [2.45, 2.75) is 25.4 Å². The fourth-order valence-corrected chi connectivity index (χ4v) is 5.63. The van der Waals surface area contributed by atoms with E-state index in [2.05, 4.69) is 30.2 Å². The number of pyridine rings is 1. The van der Waals surface area contributed by atoms with Crippen molar-refractivity contribution in [3.8, 4) is 5.75 Å². The van der Waals surface area contributed by atoms with E-state index in [0.717, 1.165) is 61.1 Å². The lowest BCUT2D eigenvalue weighted by Gasteiger charge is -2.26. The zero-order chi connectivity index (χ0) is 30.6. The normalized spacial score (nSPS) is 17.8. The second-order valence-corrected chi connectivity index (χ2v) is 11.2. The van der Waals surface area contributed by atoms with Gasteiger partial charge in [0.1, 0.15) is 5.69 Å². The number of aliphatic imine (C=N–C) groups is 1. The number of thioether (sulfide) groups is 1. The predicted octanol–water partition coefficient (Wildman–Crippen LogP) is 5.46. The van der Waals surface area contributed by atoms with E-state index in [9.17, 15) is 27.6 Å². The fraction of sp³-hybridized carbons (Fsp3) is 0.276. The van der Waals surface area contributed by atoms with Gasteiger partial charge in [-0.15, -0.1) is 0 Å². The number of nitrogens with one attached hydrogen (secondary N) is 2. The maximum Gasteiger partial charge on any atom is 0.491 e. The summed E-state index contributed by atoms with van der Waals surface area (Å²) in [5.74, 6) is -4.60. The van der Waals surface area contributed by atoms with Crippen molar-refractivity contribution in [3.05, 3.63) is 69.7 Å². The highest BCUT2D eigenvalue weighted by Crippen LogP contribution is 2.41. The highest BCUT2D eigenvalue weighted by Gasteiger charge is 2.42. The number of aromatic nitrogens is 1. The molecular formula is C29H25ClF3N5O4S. The smallest absolute Gasteiger partial charge is 0.417 e. The number of amidine groups is 1. The summed E-state index contributed by atoms with van der Waals surface area (Å²) in [4.78, 5) is 48.5. The average molecular weight is 632 g/mol. The van der Waals surface area contributed by atoms with Crippen LogP contribution in [0.25, 0.3) is 17.0 Å². The second-order valence-electron chi connectivity index (χ2n) is 9.76. The molecular weight excluding hydrogens is 607 g/mol. The van der Waals surface area contributed by atoms with Crippen molar-refractivity contribution in [2.75, 3.05) is 26.2 Å². The lowest BCUT2D eigenvalue weighted by Crippen LogP contribution is -2.38. The Kier molecular flexibility index (Phi) is 9.33. The van der Waals surface area contributed by atoms with Gasteiger partial charge in [-0.1, -0.05) is 30.2 Å². The Balaban J connectivity index is 1.42. The molecule has 0 saturated carbocycles. The maximum absolute atomic E-state index is 13.2. The van der Waals surface area contributed by atoms with E-state index >= 15 is 0 Å². The summed E-state index contributed by atoms with van der Waals surface area (Å²) in [5, 5.41) is 5.82. The molecule has 2 N–H and O–H groups in total. The number of rotatable bonds is 7. The third-order valence-electron chi connectivity index (χ3n) is 6.70. The Morgan fingerprint density at radius 3 is 2.72 bits per heavy atom. The quantitative estimate of drug-likeness (QED) is 0.202. The van der Waals surface area contributed by atoms with Crippen LogP contribution in [0.3, 0.4) is 0 Å². The van der Waals surface area contributed by atoms with Crippen molar-refractivity contribution in [2.24, 2.45) is 4.99 Å². The number of fused-ring (bicyclic) bond motifs is 1. The minimum Gasteiger partial charge on any atom is -0.417 e. The van der Waals surface area contributed by atoms with E-state index in [0.29, 0.717) is 12.1 Å². The number of amides is 2. The summed E-state index contributed by atoms with van der Waals surface area (Å²) in [6.07, 6.45) is 1.19. The molecule has 0 spiro atoms. The molecule has 2 amide bonds. The summed E-state index contributed by atoms with van der Waals surface area (Å²) in [6.45, 7) is 2.57. The number of hydrogen-bond acceptors (Lipinski definition) is 8. The highest BCUT2D eigenvalue weighted by molar-refractivity contribution is 8.18. The number of benzene rings is 2. The van der Waals surface area contributed by atoms with Crippen LogP contribution in [0.5, 0.6) is 5.75 Å². The van der Waals surface area contributed by atoms with E-state index in [1.165, 1.54) is 6.07 Å². The molecule has 2 aliphatic heterocycles.